The second-order valence-electron chi connectivity index (χ2n) is 6.03. The molecule has 1 amide bonds. The number of hydrogen-bond acceptors (Lipinski definition) is 3. The van der Waals surface area contributed by atoms with E-state index >= 15 is 0 Å². The fourth-order valence-corrected chi connectivity index (χ4v) is 2.50. The third-order valence-corrected chi connectivity index (χ3v) is 3.16. The summed E-state index contributed by atoms with van der Waals surface area (Å²) in [6.45, 7) is 8.53. The van der Waals surface area contributed by atoms with Crippen LogP contribution in [0.1, 0.15) is 45.2 Å². The van der Waals surface area contributed by atoms with E-state index in [1.54, 1.807) is 6.92 Å². The summed E-state index contributed by atoms with van der Waals surface area (Å²) in [5.74, 6) is -0.00199. The van der Waals surface area contributed by atoms with E-state index in [-0.39, 0.29) is 24.1 Å². The zero-order valence-electron chi connectivity index (χ0n) is 12.9. The molecule has 0 saturated heterocycles. The first kappa shape index (κ1) is 16.7. The van der Waals surface area contributed by atoms with Gasteiger partial charge >= 0.3 is 0 Å². The molecule has 0 aliphatic rings. The molecule has 0 saturated carbocycles. The molecule has 0 aromatic heterocycles. The highest BCUT2D eigenvalue weighted by Crippen LogP contribution is 2.12. The van der Waals surface area contributed by atoms with Gasteiger partial charge in [-0.15, -0.1) is 0 Å². The van der Waals surface area contributed by atoms with Gasteiger partial charge in [0.2, 0.25) is 5.91 Å². The maximum atomic E-state index is 11.1. The molecule has 0 unspecified atom stereocenters. The average Bonchev–Trinajstić information content (AvgIpc) is 2.34. The van der Waals surface area contributed by atoms with Crippen molar-refractivity contribution in [2.75, 3.05) is 0 Å². The Morgan fingerprint density at radius 2 is 2.00 bits per heavy atom. The molecule has 1 atom stereocenters. The van der Waals surface area contributed by atoms with Crippen LogP contribution in [0, 0.1) is 0 Å². The molecule has 0 heterocycles. The molecule has 1 rings (SSSR count). The van der Waals surface area contributed by atoms with Crippen LogP contribution >= 0.6 is 0 Å². The van der Waals surface area contributed by atoms with Crippen molar-refractivity contribution >= 4 is 5.91 Å². The van der Waals surface area contributed by atoms with Gasteiger partial charge in [-0.05, 0) is 38.3 Å². The average molecular weight is 278 g/mol. The molecular weight excluding hydrogens is 252 g/mol. The minimum absolute atomic E-state index is 0.00199. The van der Waals surface area contributed by atoms with Gasteiger partial charge in [0.1, 0.15) is 0 Å². The summed E-state index contributed by atoms with van der Waals surface area (Å²) in [5, 5.41) is 15.5. The molecule has 0 spiro atoms. The van der Waals surface area contributed by atoms with Crippen LogP contribution in [0.15, 0.2) is 24.3 Å². The highest BCUT2D eigenvalue weighted by Gasteiger charge is 2.21. The summed E-state index contributed by atoms with van der Waals surface area (Å²) in [5.41, 5.74) is 1.86. The molecule has 0 fully saturated rings. The summed E-state index contributed by atoms with van der Waals surface area (Å²) in [6, 6.07) is 8.19. The lowest BCUT2D eigenvalue weighted by Crippen LogP contribution is -2.46. The Morgan fingerprint density at radius 3 is 2.60 bits per heavy atom. The number of benzene rings is 1. The Morgan fingerprint density at radius 1 is 1.35 bits per heavy atom. The van der Waals surface area contributed by atoms with Crippen LogP contribution in [0.3, 0.4) is 0 Å². The van der Waals surface area contributed by atoms with E-state index in [9.17, 15) is 4.79 Å². The molecule has 0 bridgehead atoms. The Labute approximate surface area is 121 Å². The van der Waals surface area contributed by atoms with Crippen LogP contribution in [-0.4, -0.2) is 22.6 Å². The van der Waals surface area contributed by atoms with Crippen molar-refractivity contribution in [3.8, 4) is 0 Å². The first-order valence-corrected chi connectivity index (χ1v) is 7.03. The highest BCUT2D eigenvalue weighted by atomic mass is 16.3. The van der Waals surface area contributed by atoms with Gasteiger partial charge in [-0.25, -0.2) is 0 Å². The second-order valence-corrected chi connectivity index (χ2v) is 6.03. The smallest absolute Gasteiger partial charge is 0.217 e. The van der Waals surface area contributed by atoms with Crippen molar-refractivity contribution in [1.29, 1.82) is 0 Å². The van der Waals surface area contributed by atoms with Crippen LogP contribution in [0.25, 0.3) is 0 Å². The fourth-order valence-electron chi connectivity index (χ4n) is 2.50. The lowest BCUT2D eigenvalue weighted by atomic mass is 9.95. The molecule has 0 aliphatic heterocycles. The lowest BCUT2D eigenvalue weighted by molar-refractivity contribution is -0.120. The largest absolute Gasteiger partial charge is 0.392 e. The highest BCUT2D eigenvalue weighted by molar-refractivity contribution is 5.73. The zero-order chi connectivity index (χ0) is 15.2. The van der Waals surface area contributed by atoms with Crippen LogP contribution in [-0.2, 0) is 17.9 Å². The van der Waals surface area contributed by atoms with E-state index in [1.807, 2.05) is 38.1 Å². The number of aliphatic hydroxyl groups is 1. The molecule has 20 heavy (non-hydrogen) atoms. The van der Waals surface area contributed by atoms with Gasteiger partial charge in [0.05, 0.1) is 6.61 Å². The van der Waals surface area contributed by atoms with E-state index < -0.39 is 0 Å². The maximum Gasteiger partial charge on any atom is 0.217 e. The predicted octanol–water partition coefficient (Wildman–Crippen LogP) is 1.96. The molecule has 4 nitrogen and oxygen atoms in total. The fraction of sp³-hybridized carbons (Fsp3) is 0.562. The second kappa shape index (κ2) is 7.41. The minimum atomic E-state index is -0.217. The van der Waals surface area contributed by atoms with Crippen LogP contribution in [0.5, 0.6) is 0 Å². The van der Waals surface area contributed by atoms with Crippen LogP contribution < -0.4 is 10.6 Å². The molecule has 1 aromatic rings. The molecular formula is C16H26N2O2. The number of carbonyl (C=O) groups excluding carboxylic acids is 1. The number of hydrogen-bond donors (Lipinski definition) is 3. The summed E-state index contributed by atoms with van der Waals surface area (Å²) >= 11 is 0. The van der Waals surface area contributed by atoms with E-state index in [4.69, 9.17) is 5.11 Å². The number of nitrogens with one attached hydrogen (secondary N) is 2. The van der Waals surface area contributed by atoms with Crippen LogP contribution in [0.4, 0.5) is 0 Å². The molecule has 3 N–H and O–H groups in total. The Hall–Kier alpha value is -1.39. The molecule has 0 aliphatic carbocycles. The summed E-state index contributed by atoms with van der Waals surface area (Å²) < 4.78 is 0. The monoisotopic (exact) mass is 278 g/mol. The van der Waals surface area contributed by atoms with E-state index in [1.165, 1.54) is 0 Å². The van der Waals surface area contributed by atoms with Crippen LogP contribution in [0.2, 0.25) is 0 Å². The third-order valence-electron chi connectivity index (χ3n) is 3.16. The Bertz CT molecular complexity index is 444. The number of amides is 1. The first-order chi connectivity index (χ1) is 9.32. The summed E-state index contributed by atoms with van der Waals surface area (Å²) in [4.78, 5) is 11.1. The van der Waals surface area contributed by atoms with E-state index in [2.05, 4.69) is 17.6 Å². The third kappa shape index (κ3) is 6.17. The standard InChI is InChI=1S/C16H26N2O2/c1-12(9-16(3,4)18-13(2)20)17-10-14-6-5-7-15(8-14)11-19/h5-8,12,17,19H,9-11H2,1-4H3,(H,18,20)/t12-/m1/s1. The van der Waals surface area contributed by atoms with Crippen molar-refractivity contribution in [3.05, 3.63) is 35.4 Å². The molecule has 0 radical (unpaired) electrons. The summed E-state index contributed by atoms with van der Waals surface area (Å²) in [7, 11) is 0. The zero-order valence-corrected chi connectivity index (χ0v) is 12.9. The molecule has 4 heteroatoms. The minimum Gasteiger partial charge on any atom is -0.392 e. The van der Waals surface area contributed by atoms with E-state index in [0.717, 1.165) is 24.1 Å². The van der Waals surface area contributed by atoms with Crippen molar-refractivity contribution in [1.82, 2.24) is 10.6 Å². The van der Waals surface area contributed by atoms with Crippen molar-refractivity contribution in [3.63, 3.8) is 0 Å². The summed E-state index contributed by atoms with van der Waals surface area (Å²) in [6.07, 6.45) is 0.853. The van der Waals surface area contributed by atoms with Gasteiger partial charge in [0, 0.05) is 25.0 Å². The maximum absolute atomic E-state index is 11.1. The number of rotatable bonds is 7. The molecule has 1 aromatic carbocycles. The molecule has 112 valence electrons. The van der Waals surface area contributed by atoms with Crippen molar-refractivity contribution < 1.29 is 9.90 Å². The lowest BCUT2D eigenvalue weighted by Gasteiger charge is -2.29. The van der Waals surface area contributed by atoms with E-state index in [0.29, 0.717) is 0 Å². The van der Waals surface area contributed by atoms with Gasteiger partial charge in [0.15, 0.2) is 0 Å². The van der Waals surface area contributed by atoms with Gasteiger partial charge in [-0.2, -0.15) is 0 Å². The van der Waals surface area contributed by atoms with Gasteiger partial charge in [0.25, 0.3) is 0 Å². The van der Waals surface area contributed by atoms with Crippen molar-refractivity contribution in [2.24, 2.45) is 0 Å². The SMILES string of the molecule is CC(=O)NC(C)(C)C[C@@H](C)NCc1cccc(CO)c1. The van der Waals surface area contributed by atoms with Crippen molar-refractivity contribution in [2.45, 2.75) is 58.8 Å². The Balaban J connectivity index is 2.46. The van der Waals surface area contributed by atoms with Gasteiger partial charge in [-0.1, -0.05) is 24.3 Å². The first-order valence-electron chi connectivity index (χ1n) is 7.03. The predicted molar refractivity (Wildman–Crippen MR) is 81.2 cm³/mol. The number of carbonyl (C=O) groups is 1. The van der Waals surface area contributed by atoms with Gasteiger partial charge in [-0.3, -0.25) is 4.79 Å². The number of aliphatic hydroxyl groups excluding tert-OH is 1. The van der Waals surface area contributed by atoms with Gasteiger partial charge < -0.3 is 15.7 Å². The normalized spacial score (nSPS) is 13.1. The quantitative estimate of drug-likeness (QED) is 0.714. The Kier molecular flexibility index (Phi) is 6.17. The topological polar surface area (TPSA) is 61.4 Å².